The van der Waals surface area contributed by atoms with E-state index < -0.39 is 0 Å². The molecule has 0 saturated heterocycles. The Morgan fingerprint density at radius 3 is 1.89 bits per heavy atom. The van der Waals surface area contributed by atoms with Crippen LogP contribution in [0.25, 0.3) is 22.8 Å². The Hall–Kier alpha value is -1.89. The molecule has 0 atom stereocenters. The first-order valence-electron chi connectivity index (χ1n) is 5.72. The molecule has 4 nitrogen and oxygen atoms in total. The molecule has 19 heavy (non-hydrogen) atoms. The summed E-state index contributed by atoms with van der Waals surface area (Å²) in [7, 11) is 0. The first-order chi connectivity index (χ1) is 9.34. The maximum absolute atomic E-state index is 4.16. The molecule has 0 fully saturated rings. The minimum absolute atomic E-state index is 0.537. The van der Waals surface area contributed by atoms with Crippen LogP contribution in [0.3, 0.4) is 0 Å². The van der Waals surface area contributed by atoms with Crippen LogP contribution in [-0.4, -0.2) is 20.4 Å². The average molecular weight is 360 g/mol. The summed E-state index contributed by atoms with van der Waals surface area (Å²) >= 11 is 2.25. The predicted molar refractivity (Wildman–Crippen MR) is 81.2 cm³/mol. The molecule has 0 amide bonds. The molecule has 0 aliphatic heterocycles. The molecular weight excluding hydrogens is 351 g/mol. The number of aromatic nitrogens is 4. The van der Waals surface area contributed by atoms with E-state index >= 15 is 0 Å². The van der Waals surface area contributed by atoms with Crippen molar-refractivity contribution >= 4 is 22.6 Å². The summed E-state index contributed by atoms with van der Waals surface area (Å²) in [6, 6.07) is 17.6. The summed E-state index contributed by atoms with van der Waals surface area (Å²) in [6.07, 6.45) is 0. The fourth-order valence-corrected chi connectivity index (χ4v) is 2.31. The zero-order valence-corrected chi connectivity index (χ0v) is 12.0. The van der Waals surface area contributed by atoms with Crippen LogP contribution in [0.1, 0.15) is 0 Å². The van der Waals surface area contributed by atoms with Crippen molar-refractivity contribution in [3.05, 3.63) is 58.2 Å². The Bertz CT molecular complexity index is 683. The van der Waals surface area contributed by atoms with E-state index in [-0.39, 0.29) is 0 Å². The third kappa shape index (κ3) is 2.60. The lowest BCUT2D eigenvalue weighted by Gasteiger charge is -2.02. The van der Waals surface area contributed by atoms with Gasteiger partial charge in [-0.25, -0.2) is 0 Å². The van der Waals surface area contributed by atoms with Crippen molar-refractivity contribution in [2.24, 2.45) is 0 Å². The molecule has 1 heterocycles. The van der Waals surface area contributed by atoms with Gasteiger partial charge in [0.05, 0.1) is 0 Å². The maximum Gasteiger partial charge on any atom is 0.204 e. The van der Waals surface area contributed by atoms with Crippen molar-refractivity contribution in [2.45, 2.75) is 0 Å². The van der Waals surface area contributed by atoms with Gasteiger partial charge in [0, 0.05) is 14.7 Å². The molecule has 5 heteroatoms. The highest BCUT2D eigenvalue weighted by Gasteiger charge is 2.08. The number of hydrogen-bond acceptors (Lipinski definition) is 4. The van der Waals surface area contributed by atoms with E-state index in [0.717, 1.165) is 14.7 Å². The molecule has 0 spiro atoms. The second-order valence-electron chi connectivity index (χ2n) is 3.89. The second kappa shape index (κ2) is 5.40. The number of rotatable bonds is 2. The van der Waals surface area contributed by atoms with E-state index in [0.29, 0.717) is 11.6 Å². The van der Waals surface area contributed by atoms with Crippen LogP contribution in [0.15, 0.2) is 54.6 Å². The largest absolute Gasteiger partial charge is 0.204 e. The minimum Gasteiger partial charge on any atom is -0.126 e. The Balaban J connectivity index is 1.98. The first kappa shape index (κ1) is 12.2. The quantitative estimate of drug-likeness (QED) is 0.659. The van der Waals surface area contributed by atoms with Gasteiger partial charge in [-0.15, -0.1) is 20.4 Å². The molecule has 0 bridgehead atoms. The van der Waals surface area contributed by atoms with Crippen LogP contribution in [0.2, 0.25) is 0 Å². The molecule has 2 aromatic carbocycles. The van der Waals surface area contributed by atoms with Gasteiger partial charge in [0.1, 0.15) is 0 Å². The molecule has 0 radical (unpaired) electrons. The topological polar surface area (TPSA) is 51.6 Å². The van der Waals surface area contributed by atoms with Crippen LogP contribution < -0.4 is 0 Å². The molecule has 92 valence electrons. The molecule has 3 rings (SSSR count). The van der Waals surface area contributed by atoms with Gasteiger partial charge >= 0.3 is 0 Å². The van der Waals surface area contributed by atoms with Crippen molar-refractivity contribution in [3.63, 3.8) is 0 Å². The molecule has 1 aromatic heterocycles. The molecule has 3 aromatic rings. The van der Waals surface area contributed by atoms with Gasteiger partial charge in [0.15, 0.2) is 0 Å². The van der Waals surface area contributed by atoms with Crippen molar-refractivity contribution < 1.29 is 0 Å². The number of nitrogens with zero attached hydrogens (tertiary/aromatic N) is 4. The van der Waals surface area contributed by atoms with Gasteiger partial charge < -0.3 is 0 Å². The lowest BCUT2D eigenvalue weighted by atomic mass is 10.2. The van der Waals surface area contributed by atoms with Crippen LogP contribution >= 0.6 is 22.6 Å². The first-order valence-corrected chi connectivity index (χ1v) is 6.80. The SMILES string of the molecule is Ic1ccccc1-c1nnc(-c2ccccc2)nn1. The van der Waals surface area contributed by atoms with Crippen LogP contribution in [0.4, 0.5) is 0 Å². The van der Waals surface area contributed by atoms with Crippen molar-refractivity contribution in [2.75, 3.05) is 0 Å². The number of benzene rings is 2. The lowest BCUT2D eigenvalue weighted by molar-refractivity contribution is 0.875. The van der Waals surface area contributed by atoms with Gasteiger partial charge in [0.25, 0.3) is 0 Å². The smallest absolute Gasteiger partial charge is 0.126 e. The van der Waals surface area contributed by atoms with Gasteiger partial charge in [-0.1, -0.05) is 42.5 Å². The highest BCUT2D eigenvalue weighted by Crippen LogP contribution is 2.21. The monoisotopic (exact) mass is 360 g/mol. The predicted octanol–water partition coefficient (Wildman–Crippen LogP) is 3.21. The van der Waals surface area contributed by atoms with E-state index in [1.165, 1.54) is 0 Å². The Kier molecular flexibility index (Phi) is 3.45. The number of hydrogen-bond donors (Lipinski definition) is 0. The molecule has 0 saturated carbocycles. The standard InChI is InChI=1S/C14H9IN4/c15-12-9-5-4-8-11(12)14-18-16-13(17-19-14)10-6-2-1-3-7-10/h1-9H. The number of halogens is 1. The second-order valence-corrected chi connectivity index (χ2v) is 5.06. The summed E-state index contributed by atoms with van der Waals surface area (Å²) in [6.45, 7) is 0. The van der Waals surface area contributed by atoms with Crippen molar-refractivity contribution in [1.82, 2.24) is 20.4 Å². The highest BCUT2D eigenvalue weighted by molar-refractivity contribution is 14.1. The average Bonchev–Trinajstić information content (AvgIpc) is 2.49. The Morgan fingerprint density at radius 1 is 0.632 bits per heavy atom. The van der Waals surface area contributed by atoms with E-state index in [1.54, 1.807) is 0 Å². The Morgan fingerprint density at radius 2 is 1.21 bits per heavy atom. The van der Waals surface area contributed by atoms with E-state index in [1.807, 2.05) is 54.6 Å². The summed E-state index contributed by atoms with van der Waals surface area (Å²) < 4.78 is 1.08. The van der Waals surface area contributed by atoms with E-state index in [2.05, 4.69) is 43.0 Å². The summed E-state index contributed by atoms with van der Waals surface area (Å²) in [5.41, 5.74) is 1.86. The minimum atomic E-state index is 0.537. The van der Waals surface area contributed by atoms with Gasteiger partial charge in [-0.3, -0.25) is 0 Å². The van der Waals surface area contributed by atoms with E-state index in [4.69, 9.17) is 0 Å². The van der Waals surface area contributed by atoms with Crippen LogP contribution in [0, 0.1) is 3.57 Å². The Labute approximate surface area is 124 Å². The molecular formula is C14H9IN4. The molecule has 0 unspecified atom stereocenters. The zero-order chi connectivity index (χ0) is 13.1. The summed E-state index contributed by atoms with van der Waals surface area (Å²) in [4.78, 5) is 0. The van der Waals surface area contributed by atoms with Crippen molar-refractivity contribution in [3.8, 4) is 22.8 Å². The third-order valence-electron chi connectivity index (χ3n) is 2.63. The van der Waals surface area contributed by atoms with Gasteiger partial charge in [0.2, 0.25) is 11.6 Å². The maximum atomic E-state index is 4.16. The molecule has 0 aliphatic carbocycles. The summed E-state index contributed by atoms with van der Waals surface area (Å²) in [5, 5.41) is 16.6. The normalized spacial score (nSPS) is 10.4. The van der Waals surface area contributed by atoms with Gasteiger partial charge in [-0.05, 0) is 34.7 Å². The van der Waals surface area contributed by atoms with Crippen LogP contribution in [-0.2, 0) is 0 Å². The fraction of sp³-hybridized carbons (Fsp3) is 0. The fourth-order valence-electron chi connectivity index (χ4n) is 1.68. The molecule has 0 aliphatic rings. The lowest BCUT2D eigenvalue weighted by Crippen LogP contribution is -2.00. The zero-order valence-electron chi connectivity index (χ0n) is 9.86. The van der Waals surface area contributed by atoms with E-state index in [9.17, 15) is 0 Å². The van der Waals surface area contributed by atoms with Crippen molar-refractivity contribution in [1.29, 1.82) is 0 Å². The van der Waals surface area contributed by atoms with Gasteiger partial charge in [-0.2, -0.15) is 0 Å². The third-order valence-corrected chi connectivity index (χ3v) is 3.57. The summed E-state index contributed by atoms with van der Waals surface area (Å²) in [5.74, 6) is 1.08. The van der Waals surface area contributed by atoms with Crippen LogP contribution in [0.5, 0.6) is 0 Å². The molecule has 0 N–H and O–H groups in total. The highest BCUT2D eigenvalue weighted by atomic mass is 127.